The molecule has 0 saturated heterocycles. The second-order valence-electron chi connectivity index (χ2n) is 5.00. The van der Waals surface area contributed by atoms with Gasteiger partial charge in [-0.15, -0.1) is 12.4 Å². The molecule has 4 nitrogen and oxygen atoms in total. The lowest BCUT2D eigenvalue weighted by Gasteiger charge is -2.13. The van der Waals surface area contributed by atoms with Gasteiger partial charge >= 0.3 is 0 Å². The van der Waals surface area contributed by atoms with Crippen LogP contribution in [-0.2, 0) is 9.53 Å². The van der Waals surface area contributed by atoms with Crippen LogP contribution in [-0.4, -0.2) is 25.7 Å². The molecular weight excluding hydrogens is 288 g/mol. The minimum Gasteiger partial charge on any atom is -0.381 e. The minimum absolute atomic E-state index is 0. The second kappa shape index (κ2) is 11.5. The summed E-state index contributed by atoms with van der Waals surface area (Å²) in [7, 11) is 0. The summed E-state index contributed by atoms with van der Waals surface area (Å²) < 4.78 is 5.43. The highest BCUT2D eigenvalue weighted by molar-refractivity contribution is 5.85. The molecule has 1 unspecified atom stereocenters. The Balaban J connectivity index is 0.00000400. The molecule has 0 saturated carbocycles. The van der Waals surface area contributed by atoms with Crippen LogP contribution >= 0.6 is 12.4 Å². The molecule has 0 spiro atoms. The van der Waals surface area contributed by atoms with Crippen molar-refractivity contribution in [3.8, 4) is 0 Å². The molecule has 120 valence electrons. The van der Waals surface area contributed by atoms with E-state index in [4.69, 9.17) is 10.5 Å². The summed E-state index contributed by atoms with van der Waals surface area (Å²) in [6.45, 7) is 6.22. The molecule has 0 aliphatic carbocycles. The Bertz CT molecular complexity index is 396. The smallest absolute Gasteiger partial charge is 0.241 e. The standard InChI is InChI=1S/C16H26N2O2.ClH/c1-3-4-11-20-12-5-10-18-16(19)15(17)14-8-6-13(2)7-9-14;/h6-9,15H,3-5,10-12,17H2,1-2H3,(H,18,19);1H. The van der Waals surface area contributed by atoms with Crippen molar-refractivity contribution in [3.63, 3.8) is 0 Å². The maximum atomic E-state index is 11.9. The van der Waals surface area contributed by atoms with Gasteiger partial charge in [0, 0.05) is 19.8 Å². The highest BCUT2D eigenvalue weighted by Crippen LogP contribution is 2.11. The number of ether oxygens (including phenoxy) is 1. The Morgan fingerprint density at radius 2 is 1.86 bits per heavy atom. The molecule has 0 aliphatic heterocycles. The van der Waals surface area contributed by atoms with Crippen LogP contribution in [0.1, 0.15) is 43.4 Å². The van der Waals surface area contributed by atoms with Crippen LogP contribution in [0, 0.1) is 6.92 Å². The van der Waals surface area contributed by atoms with Crippen molar-refractivity contribution in [2.75, 3.05) is 19.8 Å². The number of aryl methyl sites for hydroxylation is 1. The Kier molecular flexibility index (Phi) is 10.9. The van der Waals surface area contributed by atoms with Crippen LogP contribution in [0.2, 0.25) is 0 Å². The molecule has 1 aromatic rings. The zero-order valence-corrected chi connectivity index (χ0v) is 13.7. The lowest BCUT2D eigenvalue weighted by atomic mass is 10.1. The number of carbonyl (C=O) groups is 1. The SMILES string of the molecule is CCCCOCCCNC(=O)C(N)c1ccc(C)cc1.Cl. The minimum atomic E-state index is -0.600. The summed E-state index contributed by atoms with van der Waals surface area (Å²) in [4.78, 5) is 11.9. The average Bonchev–Trinajstić information content (AvgIpc) is 2.46. The fourth-order valence-electron chi connectivity index (χ4n) is 1.77. The number of hydrogen-bond donors (Lipinski definition) is 2. The zero-order valence-electron chi connectivity index (χ0n) is 12.9. The third kappa shape index (κ3) is 8.05. The van der Waals surface area contributed by atoms with Gasteiger partial charge in [0.1, 0.15) is 6.04 Å². The predicted molar refractivity (Wildman–Crippen MR) is 88.7 cm³/mol. The van der Waals surface area contributed by atoms with Gasteiger partial charge in [-0.25, -0.2) is 0 Å². The van der Waals surface area contributed by atoms with E-state index in [0.717, 1.165) is 37.0 Å². The van der Waals surface area contributed by atoms with Crippen molar-refractivity contribution in [2.45, 2.75) is 39.2 Å². The summed E-state index contributed by atoms with van der Waals surface area (Å²) in [5, 5.41) is 2.84. The Labute approximate surface area is 133 Å². The highest BCUT2D eigenvalue weighted by atomic mass is 35.5. The first-order valence-corrected chi connectivity index (χ1v) is 7.32. The summed E-state index contributed by atoms with van der Waals surface area (Å²) in [6.07, 6.45) is 3.04. The van der Waals surface area contributed by atoms with E-state index in [1.54, 1.807) is 0 Å². The van der Waals surface area contributed by atoms with Gasteiger partial charge in [0.05, 0.1) is 0 Å². The number of carbonyl (C=O) groups excluding carboxylic acids is 1. The first kappa shape index (κ1) is 19.9. The number of nitrogens with one attached hydrogen (secondary N) is 1. The van der Waals surface area contributed by atoms with Gasteiger partial charge in [0.2, 0.25) is 5.91 Å². The Morgan fingerprint density at radius 3 is 2.48 bits per heavy atom. The molecule has 1 atom stereocenters. The van der Waals surface area contributed by atoms with E-state index in [2.05, 4.69) is 12.2 Å². The third-order valence-electron chi connectivity index (χ3n) is 3.13. The van der Waals surface area contributed by atoms with E-state index >= 15 is 0 Å². The number of benzene rings is 1. The molecule has 21 heavy (non-hydrogen) atoms. The van der Waals surface area contributed by atoms with Crippen LogP contribution in [0.4, 0.5) is 0 Å². The molecule has 0 aliphatic rings. The van der Waals surface area contributed by atoms with Crippen molar-refractivity contribution in [1.29, 1.82) is 0 Å². The number of rotatable bonds is 9. The molecule has 3 N–H and O–H groups in total. The predicted octanol–water partition coefficient (Wildman–Crippen LogP) is 2.74. The Hall–Kier alpha value is -1.10. The van der Waals surface area contributed by atoms with Crippen molar-refractivity contribution >= 4 is 18.3 Å². The van der Waals surface area contributed by atoms with E-state index in [9.17, 15) is 4.79 Å². The van der Waals surface area contributed by atoms with Gasteiger partial charge in [-0.3, -0.25) is 4.79 Å². The first-order chi connectivity index (χ1) is 9.65. The molecule has 5 heteroatoms. The molecule has 0 heterocycles. The van der Waals surface area contributed by atoms with Crippen molar-refractivity contribution < 1.29 is 9.53 Å². The molecule has 1 rings (SSSR count). The van der Waals surface area contributed by atoms with Gasteiger partial charge in [-0.05, 0) is 25.3 Å². The second-order valence-corrected chi connectivity index (χ2v) is 5.00. The molecule has 1 aromatic carbocycles. The van der Waals surface area contributed by atoms with Gasteiger partial charge in [-0.1, -0.05) is 43.2 Å². The first-order valence-electron chi connectivity index (χ1n) is 7.32. The monoisotopic (exact) mass is 314 g/mol. The maximum absolute atomic E-state index is 11.9. The molecule has 0 bridgehead atoms. The summed E-state index contributed by atoms with van der Waals surface area (Å²) in [5.41, 5.74) is 7.92. The third-order valence-corrected chi connectivity index (χ3v) is 3.13. The van der Waals surface area contributed by atoms with Crippen molar-refractivity contribution in [1.82, 2.24) is 5.32 Å². The van der Waals surface area contributed by atoms with E-state index in [-0.39, 0.29) is 18.3 Å². The fraction of sp³-hybridized carbons (Fsp3) is 0.562. The Morgan fingerprint density at radius 1 is 1.24 bits per heavy atom. The molecule has 0 fully saturated rings. The van der Waals surface area contributed by atoms with E-state index in [1.165, 1.54) is 0 Å². The largest absolute Gasteiger partial charge is 0.381 e. The quantitative estimate of drug-likeness (QED) is 0.689. The van der Waals surface area contributed by atoms with Crippen LogP contribution in [0.25, 0.3) is 0 Å². The molecular formula is C16H27ClN2O2. The normalized spacial score (nSPS) is 11.6. The van der Waals surface area contributed by atoms with Gasteiger partial charge in [0.15, 0.2) is 0 Å². The van der Waals surface area contributed by atoms with Gasteiger partial charge in [-0.2, -0.15) is 0 Å². The van der Waals surface area contributed by atoms with Crippen molar-refractivity contribution in [3.05, 3.63) is 35.4 Å². The summed E-state index contributed by atoms with van der Waals surface area (Å²) >= 11 is 0. The van der Waals surface area contributed by atoms with E-state index in [1.807, 2.05) is 31.2 Å². The van der Waals surface area contributed by atoms with E-state index in [0.29, 0.717) is 13.2 Å². The van der Waals surface area contributed by atoms with Gasteiger partial charge < -0.3 is 15.8 Å². The lowest BCUT2D eigenvalue weighted by Crippen LogP contribution is -2.35. The van der Waals surface area contributed by atoms with Crippen LogP contribution in [0.3, 0.4) is 0 Å². The number of unbranched alkanes of at least 4 members (excludes halogenated alkanes) is 1. The summed E-state index contributed by atoms with van der Waals surface area (Å²) in [5.74, 6) is -0.137. The molecule has 0 radical (unpaired) electrons. The number of halogens is 1. The number of amides is 1. The summed E-state index contributed by atoms with van der Waals surface area (Å²) in [6, 6.07) is 7.12. The lowest BCUT2D eigenvalue weighted by molar-refractivity contribution is -0.122. The zero-order chi connectivity index (χ0) is 14.8. The van der Waals surface area contributed by atoms with Crippen LogP contribution in [0.5, 0.6) is 0 Å². The number of nitrogens with two attached hydrogens (primary N) is 1. The maximum Gasteiger partial charge on any atom is 0.241 e. The average molecular weight is 315 g/mol. The van der Waals surface area contributed by atoms with E-state index < -0.39 is 6.04 Å². The number of hydrogen-bond acceptors (Lipinski definition) is 3. The van der Waals surface area contributed by atoms with Gasteiger partial charge in [0.25, 0.3) is 0 Å². The topological polar surface area (TPSA) is 64.3 Å². The van der Waals surface area contributed by atoms with Crippen LogP contribution in [0.15, 0.2) is 24.3 Å². The molecule has 0 aromatic heterocycles. The highest BCUT2D eigenvalue weighted by Gasteiger charge is 2.14. The van der Waals surface area contributed by atoms with Crippen molar-refractivity contribution in [2.24, 2.45) is 5.73 Å². The molecule has 1 amide bonds. The van der Waals surface area contributed by atoms with Crippen LogP contribution < -0.4 is 11.1 Å². The fourth-order valence-corrected chi connectivity index (χ4v) is 1.77.